The lowest BCUT2D eigenvalue weighted by Crippen LogP contribution is -2.37. The summed E-state index contributed by atoms with van der Waals surface area (Å²) in [5.41, 5.74) is 1.82. The number of hydrogen-bond acceptors (Lipinski definition) is 4. The number of furan rings is 1. The van der Waals surface area contributed by atoms with E-state index in [1.54, 1.807) is 24.3 Å². The minimum atomic E-state index is -0.924. The molecular weight excluding hydrogens is 350 g/mol. The van der Waals surface area contributed by atoms with Gasteiger partial charge < -0.3 is 14.8 Å². The minimum absolute atomic E-state index is 0.166. The van der Waals surface area contributed by atoms with Crippen molar-refractivity contribution in [3.63, 3.8) is 0 Å². The fourth-order valence-electron chi connectivity index (χ4n) is 3.20. The van der Waals surface area contributed by atoms with Crippen molar-refractivity contribution < 1.29 is 19.1 Å². The van der Waals surface area contributed by atoms with Gasteiger partial charge in [-0.1, -0.05) is 23.7 Å². The molecule has 5 nitrogen and oxygen atoms in total. The van der Waals surface area contributed by atoms with E-state index in [0.717, 1.165) is 11.1 Å². The average Bonchev–Trinajstić information content (AvgIpc) is 2.94. The Morgan fingerprint density at radius 1 is 1.25 bits per heavy atom. The summed E-state index contributed by atoms with van der Waals surface area (Å²) < 4.78 is 5.09. The van der Waals surface area contributed by atoms with E-state index in [0.29, 0.717) is 5.02 Å². The fourth-order valence-corrected chi connectivity index (χ4v) is 4.81. The first kappa shape index (κ1) is 15.4. The maximum Gasteiger partial charge on any atom is 0.310 e. The molecule has 24 heavy (non-hydrogen) atoms. The highest BCUT2D eigenvalue weighted by molar-refractivity contribution is 8.04. The topological polar surface area (TPSA) is 79.5 Å². The number of carboxylic acid groups (broad SMARTS) is 1. The summed E-state index contributed by atoms with van der Waals surface area (Å²) in [6.45, 7) is 0. The van der Waals surface area contributed by atoms with E-state index in [-0.39, 0.29) is 11.7 Å². The Balaban J connectivity index is 1.61. The van der Waals surface area contributed by atoms with Crippen LogP contribution >= 0.6 is 23.4 Å². The first-order chi connectivity index (χ1) is 11.5. The second-order valence-corrected chi connectivity index (χ2v) is 7.30. The molecule has 122 valence electrons. The lowest BCUT2D eigenvalue weighted by Gasteiger charge is -2.13. The zero-order valence-corrected chi connectivity index (χ0v) is 13.8. The van der Waals surface area contributed by atoms with Gasteiger partial charge in [-0.2, -0.15) is 0 Å². The lowest BCUT2D eigenvalue weighted by molar-refractivity contribution is -0.138. The Kier molecular flexibility index (Phi) is 3.47. The summed E-state index contributed by atoms with van der Waals surface area (Å²) in [6.07, 6.45) is 1.41. The van der Waals surface area contributed by atoms with Crippen molar-refractivity contribution in [1.29, 1.82) is 0 Å². The maximum absolute atomic E-state index is 12.3. The van der Waals surface area contributed by atoms with Gasteiger partial charge in [0.05, 0.1) is 6.26 Å². The lowest BCUT2D eigenvalue weighted by atomic mass is 10.0. The van der Waals surface area contributed by atoms with Crippen LogP contribution in [0.2, 0.25) is 5.02 Å². The molecule has 2 aliphatic rings. The van der Waals surface area contributed by atoms with Crippen LogP contribution < -0.4 is 5.32 Å². The van der Waals surface area contributed by atoms with Crippen LogP contribution in [-0.2, 0) is 4.79 Å². The number of thioether (sulfide) groups is 1. The van der Waals surface area contributed by atoms with Crippen LogP contribution in [0.3, 0.4) is 0 Å². The van der Waals surface area contributed by atoms with E-state index < -0.39 is 22.7 Å². The molecule has 1 fully saturated rings. The summed E-state index contributed by atoms with van der Waals surface area (Å²) in [4.78, 5) is 23.1. The zero-order valence-electron chi connectivity index (χ0n) is 12.2. The van der Waals surface area contributed by atoms with E-state index >= 15 is 0 Å². The molecule has 3 atom stereocenters. The largest absolute Gasteiger partial charge is 0.481 e. The second-order valence-electron chi connectivity index (χ2n) is 5.72. The number of benzene rings is 1. The van der Waals surface area contributed by atoms with Crippen LogP contribution in [0.5, 0.6) is 0 Å². The van der Waals surface area contributed by atoms with E-state index in [1.165, 1.54) is 18.0 Å². The first-order valence-electron chi connectivity index (χ1n) is 7.25. The third-order valence-corrected chi connectivity index (χ3v) is 5.99. The number of carbonyl (C=O) groups is 2. The summed E-state index contributed by atoms with van der Waals surface area (Å²) in [5.74, 6) is -2.12. The van der Waals surface area contributed by atoms with Crippen LogP contribution in [0.1, 0.15) is 16.1 Å². The maximum atomic E-state index is 12.3. The van der Waals surface area contributed by atoms with E-state index in [2.05, 4.69) is 5.32 Å². The van der Waals surface area contributed by atoms with Crippen LogP contribution in [0.4, 0.5) is 0 Å². The van der Waals surface area contributed by atoms with Crippen LogP contribution in [0.25, 0.3) is 5.57 Å². The van der Waals surface area contributed by atoms with Gasteiger partial charge in [-0.05, 0) is 40.8 Å². The van der Waals surface area contributed by atoms with Crippen molar-refractivity contribution in [2.45, 2.75) is 4.87 Å². The molecule has 1 aromatic heterocycles. The Morgan fingerprint density at radius 2 is 2.00 bits per heavy atom. The quantitative estimate of drug-likeness (QED) is 0.871. The molecule has 2 aromatic rings. The summed E-state index contributed by atoms with van der Waals surface area (Å²) in [6, 6.07) is 10.4. The molecule has 3 unspecified atom stereocenters. The molecule has 1 aromatic carbocycles. The second kappa shape index (κ2) is 5.43. The van der Waals surface area contributed by atoms with Crippen molar-refractivity contribution in [1.82, 2.24) is 5.32 Å². The molecule has 7 heteroatoms. The smallest absolute Gasteiger partial charge is 0.310 e. The number of amides is 1. The average molecular weight is 362 g/mol. The van der Waals surface area contributed by atoms with Crippen LogP contribution in [0.15, 0.2) is 52.5 Å². The van der Waals surface area contributed by atoms with E-state index in [9.17, 15) is 14.7 Å². The van der Waals surface area contributed by atoms with Gasteiger partial charge in [0.15, 0.2) is 5.76 Å². The number of carbonyl (C=O) groups excluding carboxylic acids is 1. The molecule has 4 rings (SSSR count). The van der Waals surface area contributed by atoms with Gasteiger partial charge in [0, 0.05) is 10.9 Å². The first-order valence-corrected chi connectivity index (χ1v) is 8.51. The predicted molar refractivity (Wildman–Crippen MR) is 90.5 cm³/mol. The Bertz CT molecular complexity index is 846. The van der Waals surface area contributed by atoms with Gasteiger partial charge in [-0.15, -0.1) is 11.8 Å². The molecular formula is C17H12ClNO4S. The molecule has 0 saturated heterocycles. The highest BCUT2D eigenvalue weighted by Gasteiger charge is 2.73. The monoisotopic (exact) mass is 361 g/mol. The third kappa shape index (κ3) is 2.25. The number of fused-ring (bicyclic) bond motifs is 1. The van der Waals surface area contributed by atoms with Crippen molar-refractivity contribution in [3.05, 3.63) is 64.4 Å². The highest BCUT2D eigenvalue weighted by atomic mass is 35.5. The summed E-state index contributed by atoms with van der Waals surface area (Å²) in [7, 11) is 0. The Morgan fingerprint density at radius 3 is 2.62 bits per heavy atom. The van der Waals surface area contributed by atoms with E-state index in [1.807, 2.05) is 17.5 Å². The predicted octanol–water partition coefficient (Wildman–Crippen LogP) is 3.48. The highest BCUT2D eigenvalue weighted by Crippen LogP contribution is 2.68. The molecule has 1 saturated carbocycles. The van der Waals surface area contributed by atoms with Crippen LogP contribution in [-0.4, -0.2) is 21.9 Å². The van der Waals surface area contributed by atoms with Gasteiger partial charge in [0.2, 0.25) is 0 Å². The third-order valence-electron chi connectivity index (χ3n) is 4.36. The molecule has 2 heterocycles. The van der Waals surface area contributed by atoms with Gasteiger partial charge in [-0.3, -0.25) is 9.59 Å². The van der Waals surface area contributed by atoms with E-state index in [4.69, 9.17) is 16.0 Å². The van der Waals surface area contributed by atoms with Gasteiger partial charge in [-0.25, -0.2) is 0 Å². The molecule has 0 bridgehead atoms. The molecule has 1 aliphatic carbocycles. The minimum Gasteiger partial charge on any atom is -0.481 e. The van der Waals surface area contributed by atoms with Crippen molar-refractivity contribution in [2.75, 3.05) is 0 Å². The SMILES string of the molecule is O=C(NC12SC=C(c3ccc(Cl)cc3)C1C2C(=O)O)c1ccco1. The van der Waals surface area contributed by atoms with Crippen molar-refractivity contribution in [2.24, 2.45) is 11.8 Å². The van der Waals surface area contributed by atoms with Crippen LogP contribution in [0, 0.1) is 11.8 Å². The number of carboxylic acids is 1. The van der Waals surface area contributed by atoms with Gasteiger partial charge in [0.25, 0.3) is 5.91 Å². The Hall–Kier alpha value is -2.18. The van der Waals surface area contributed by atoms with Gasteiger partial charge in [0.1, 0.15) is 10.8 Å². The van der Waals surface area contributed by atoms with Crippen molar-refractivity contribution in [3.8, 4) is 0 Å². The molecule has 0 radical (unpaired) electrons. The van der Waals surface area contributed by atoms with Crippen molar-refractivity contribution >= 4 is 40.8 Å². The molecule has 1 amide bonds. The standard InChI is InChI=1S/C17H12ClNO4S/c18-10-5-3-9(4-6-10)11-8-24-17(13(11)14(17)16(21)22)19-15(20)12-2-1-7-23-12/h1-8,13-14H,(H,19,20)(H,21,22). The molecule has 2 N–H and O–H groups in total. The number of halogens is 1. The molecule has 1 aliphatic heterocycles. The number of rotatable bonds is 4. The Labute approximate surface area is 146 Å². The zero-order chi connectivity index (χ0) is 16.9. The fraction of sp³-hybridized carbons (Fsp3) is 0.176. The summed E-state index contributed by atoms with van der Waals surface area (Å²) in [5, 5.41) is 14.9. The number of aliphatic carboxylic acids is 1. The number of nitrogens with one attached hydrogen (secondary N) is 1. The summed E-state index contributed by atoms with van der Waals surface area (Å²) >= 11 is 7.25. The normalized spacial score (nSPS) is 27.3. The number of hydrogen-bond donors (Lipinski definition) is 2. The molecule has 0 spiro atoms. The van der Waals surface area contributed by atoms with Gasteiger partial charge >= 0.3 is 5.97 Å².